The number of rotatable bonds is 5. The Kier molecular flexibility index (Phi) is 6.76. The molecule has 1 N–H and O–H groups in total. The van der Waals surface area contributed by atoms with Gasteiger partial charge in [0.05, 0.1) is 0 Å². The van der Waals surface area contributed by atoms with Gasteiger partial charge in [-0.15, -0.1) is 0 Å². The Morgan fingerprint density at radius 2 is 1.91 bits per heavy atom. The zero-order valence-electron chi connectivity index (χ0n) is 13.2. The number of hydrogen-bond donors (Lipinski definition) is 1. The smallest absolute Gasteiger partial charge is 0.317 e. The molecule has 1 aliphatic rings. The van der Waals surface area contributed by atoms with E-state index < -0.39 is 10.8 Å². The van der Waals surface area contributed by atoms with Crippen molar-refractivity contribution >= 4 is 28.6 Å². The minimum atomic E-state index is -0.944. The maximum Gasteiger partial charge on any atom is 0.317 e. The number of carbonyl (C=O) groups excluding carboxylic acids is 1. The van der Waals surface area contributed by atoms with Crippen LogP contribution in [0.4, 0.5) is 4.79 Å². The highest BCUT2D eigenvalue weighted by molar-refractivity contribution is 8.00. The van der Waals surface area contributed by atoms with E-state index in [1.165, 1.54) is 0 Å². The van der Waals surface area contributed by atoms with Crippen LogP contribution in [0.2, 0.25) is 0 Å². The van der Waals surface area contributed by atoms with Crippen LogP contribution >= 0.6 is 11.8 Å². The first kappa shape index (κ1) is 17.3. The van der Waals surface area contributed by atoms with Crippen LogP contribution in [0, 0.1) is 0 Å². The zero-order chi connectivity index (χ0) is 15.9. The van der Waals surface area contributed by atoms with Crippen LogP contribution < -0.4 is 5.32 Å². The van der Waals surface area contributed by atoms with Crippen molar-refractivity contribution in [2.45, 2.75) is 30.1 Å². The lowest BCUT2D eigenvalue weighted by Crippen LogP contribution is -2.49. The van der Waals surface area contributed by atoms with Crippen molar-refractivity contribution in [3.63, 3.8) is 0 Å². The fraction of sp³-hybridized carbons (Fsp3) is 0.562. The van der Waals surface area contributed by atoms with E-state index in [0.717, 1.165) is 18.7 Å². The third kappa shape index (κ3) is 5.65. The first-order valence-corrected chi connectivity index (χ1v) is 10.0. The minimum Gasteiger partial charge on any atom is -0.337 e. The quantitative estimate of drug-likeness (QED) is 0.896. The summed E-state index contributed by atoms with van der Waals surface area (Å²) >= 11 is 1.92. The number of nitrogens with zero attached hydrogens (tertiary/aromatic N) is 1. The molecule has 0 aromatic heterocycles. The average molecular weight is 341 g/mol. The van der Waals surface area contributed by atoms with Gasteiger partial charge in [-0.05, 0) is 5.56 Å². The van der Waals surface area contributed by atoms with Gasteiger partial charge < -0.3 is 10.2 Å². The lowest BCUT2D eigenvalue weighted by molar-refractivity contribution is 0.197. The molecular formula is C16H24N2O2S2. The predicted molar refractivity (Wildman–Crippen MR) is 94.6 cm³/mol. The Balaban J connectivity index is 1.69. The monoisotopic (exact) mass is 340 g/mol. The molecule has 22 heavy (non-hydrogen) atoms. The summed E-state index contributed by atoms with van der Waals surface area (Å²) in [5, 5.41) is 3.84. The molecule has 1 aromatic carbocycles. The van der Waals surface area contributed by atoms with E-state index in [9.17, 15) is 9.00 Å². The van der Waals surface area contributed by atoms with E-state index in [4.69, 9.17) is 0 Å². The van der Waals surface area contributed by atoms with E-state index >= 15 is 0 Å². The van der Waals surface area contributed by atoms with Gasteiger partial charge in [0.1, 0.15) is 0 Å². The molecule has 0 spiro atoms. The summed E-state index contributed by atoms with van der Waals surface area (Å²) in [4.78, 5) is 14.0. The second-order valence-electron chi connectivity index (χ2n) is 5.67. The van der Waals surface area contributed by atoms with Gasteiger partial charge >= 0.3 is 6.03 Å². The predicted octanol–water partition coefficient (Wildman–Crippen LogP) is 2.47. The normalized spacial score (nSPS) is 23.1. The first-order valence-electron chi connectivity index (χ1n) is 7.61. The van der Waals surface area contributed by atoms with Gasteiger partial charge in [-0.2, -0.15) is 11.8 Å². The van der Waals surface area contributed by atoms with Crippen molar-refractivity contribution in [1.29, 1.82) is 0 Å². The Bertz CT molecular complexity index is 500. The summed E-state index contributed by atoms with van der Waals surface area (Å²) in [6.07, 6.45) is 0. The molecule has 0 aliphatic carbocycles. The molecule has 1 aromatic rings. The van der Waals surface area contributed by atoms with Crippen molar-refractivity contribution in [2.24, 2.45) is 0 Å². The largest absolute Gasteiger partial charge is 0.337 e. The van der Waals surface area contributed by atoms with Gasteiger partial charge in [0, 0.05) is 52.4 Å². The van der Waals surface area contributed by atoms with E-state index in [1.807, 2.05) is 47.0 Å². The fourth-order valence-electron chi connectivity index (χ4n) is 2.56. The van der Waals surface area contributed by atoms with E-state index in [0.29, 0.717) is 28.6 Å². The summed E-state index contributed by atoms with van der Waals surface area (Å²) in [7, 11) is -0.944. The minimum absolute atomic E-state index is 0.0317. The van der Waals surface area contributed by atoms with Crippen LogP contribution in [0.1, 0.15) is 19.4 Å². The SMILES string of the molecule is C[C@@H]1CN(C(=O)NCC[S@](=O)Cc2ccccc2)C[C@@H](C)S1. The molecule has 3 atom stereocenters. The molecule has 2 amide bonds. The molecule has 1 fully saturated rings. The molecule has 2 rings (SSSR count). The van der Waals surface area contributed by atoms with Crippen LogP contribution in [-0.4, -0.2) is 51.0 Å². The Labute approximate surface area is 139 Å². The van der Waals surface area contributed by atoms with Crippen LogP contribution in [0.3, 0.4) is 0 Å². The van der Waals surface area contributed by atoms with E-state index in [-0.39, 0.29) is 6.03 Å². The highest BCUT2D eigenvalue weighted by Crippen LogP contribution is 2.24. The Morgan fingerprint density at radius 1 is 1.27 bits per heavy atom. The molecule has 1 heterocycles. The van der Waals surface area contributed by atoms with E-state index in [2.05, 4.69) is 19.2 Å². The van der Waals surface area contributed by atoms with Crippen molar-refractivity contribution in [3.05, 3.63) is 35.9 Å². The lowest BCUT2D eigenvalue weighted by atomic mass is 10.2. The average Bonchev–Trinajstić information content (AvgIpc) is 2.47. The molecule has 4 nitrogen and oxygen atoms in total. The number of carbonyl (C=O) groups is 1. The molecular weight excluding hydrogens is 316 g/mol. The number of urea groups is 1. The molecule has 0 unspecified atom stereocenters. The van der Waals surface area contributed by atoms with Crippen molar-refractivity contribution in [2.75, 3.05) is 25.4 Å². The summed E-state index contributed by atoms with van der Waals surface area (Å²) in [5.74, 6) is 1.04. The summed E-state index contributed by atoms with van der Waals surface area (Å²) in [5.41, 5.74) is 1.07. The van der Waals surface area contributed by atoms with Crippen molar-refractivity contribution in [3.8, 4) is 0 Å². The summed E-state index contributed by atoms with van der Waals surface area (Å²) in [6.45, 7) is 6.33. The van der Waals surface area contributed by atoms with Gasteiger partial charge in [-0.1, -0.05) is 44.2 Å². The number of thioether (sulfide) groups is 1. The first-order chi connectivity index (χ1) is 10.5. The Hall–Kier alpha value is -1.01. The van der Waals surface area contributed by atoms with Gasteiger partial charge in [0.15, 0.2) is 0 Å². The standard InChI is InChI=1S/C16H24N2O2S2/c1-13-10-18(11-14(2)21-13)16(19)17-8-9-22(20)12-15-6-4-3-5-7-15/h3-7,13-14H,8-12H2,1-2H3,(H,17,19)/t13-,14-,22+/m1/s1. The number of hydrogen-bond acceptors (Lipinski definition) is 3. The lowest BCUT2D eigenvalue weighted by Gasteiger charge is -2.34. The van der Waals surface area contributed by atoms with Gasteiger partial charge in [0.2, 0.25) is 0 Å². The molecule has 0 bridgehead atoms. The highest BCUT2D eigenvalue weighted by atomic mass is 32.2. The topological polar surface area (TPSA) is 49.4 Å². The number of amides is 2. The number of nitrogens with one attached hydrogen (secondary N) is 1. The van der Waals surface area contributed by atoms with Gasteiger partial charge in [0.25, 0.3) is 0 Å². The molecule has 0 saturated carbocycles. The van der Waals surface area contributed by atoms with Gasteiger partial charge in [-0.3, -0.25) is 4.21 Å². The third-order valence-corrected chi connectivity index (χ3v) is 6.03. The zero-order valence-corrected chi connectivity index (χ0v) is 14.8. The molecule has 0 radical (unpaired) electrons. The van der Waals surface area contributed by atoms with Crippen LogP contribution in [0.15, 0.2) is 30.3 Å². The maximum atomic E-state index is 12.1. The number of benzene rings is 1. The van der Waals surface area contributed by atoms with Crippen LogP contribution in [0.5, 0.6) is 0 Å². The Morgan fingerprint density at radius 3 is 2.55 bits per heavy atom. The van der Waals surface area contributed by atoms with Crippen LogP contribution in [-0.2, 0) is 16.6 Å². The molecule has 1 aliphatic heterocycles. The van der Waals surface area contributed by atoms with Gasteiger partial charge in [-0.25, -0.2) is 4.79 Å². The van der Waals surface area contributed by atoms with Crippen molar-refractivity contribution < 1.29 is 9.00 Å². The maximum absolute atomic E-state index is 12.1. The third-order valence-electron chi connectivity index (χ3n) is 3.48. The summed E-state index contributed by atoms with van der Waals surface area (Å²) < 4.78 is 12.0. The molecule has 122 valence electrons. The second kappa shape index (κ2) is 8.58. The second-order valence-corrected chi connectivity index (χ2v) is 9.13. The highest BCUT2D eigenvalue weighted by Gasteiger charge is 2.25. The summed E-state index contributed by atoms with van der Waals surface area (Å²) in [6, 6.07) is 9.77. The molecule has 1 saturated heterocycles. The molecule has 6 heteroatoms. The van der Waals surface area contributed by atoms with Crippen molar-refractivity contribution in [1.82, 2.24) is 10.2 Å². The van der Waals surface area contributed by atoms with Crippen LogP contribution in [0.25, 0.3) is 0 Å². The fourth-order valence-corrected chi connectivity index (χ4v) is 4.92. The van der Waals surface area contributed by atoms with E-state index in [1.54, 1.807) is 0 Å².